The summed E-state index contributed by atoms with van der Waals surface area (Å²) in [4.78, 5) is 24.2. The number of carbonyl (C=O) groups excluding carboxylic acids is 2. The highest BCUT2D eigenvalue weighted by atomic mass is 16.6. The van der Waals surface area contributed by atoms with E-state index in [2.05, 4.69) is 10.6 Å². The molecular weight excluding hydrogens is 360 g/mol. The second-order valence-corrected chi connectivity index (χ2v) is 6.29. The van der Waals surface area contributed by atoms with Gasteiger partial charge in [-0.25, -0.2) is 9.59 Å². The molecule has 0 bridgehead atoms. The fourth-order valence-corrected chi connectivity index (χ4v) is 2.63. The summed E-state index contributed by atoms with van der Waals surface area (Å²) in [5, 5.41) is 6.68. The number of rotatable bonds is 9. The Morgan fingerprint density at radius 1 is 0.857 bits per heavy atom. The molecule has 0 aliphatic rings. The van der Waals surface area contributed by atoms with Gasteiger partial charge in [0.15, 0.2) is 11.5 Å². The number of methoxy groups -OCH3 is 1. The largest absolute Gasteiger partial charge is 0.493 e. The van der Waals surface area contributed by atoms with E-state index in [1.165, 1.54) is 7.11 Å². The van der Waals surface area contributed by atoms with Gasteiger partial charge in [0.2, 0.25) is 0 Å². The average molecular weight is 388 g/mol. The van der Waals surface area contributed by atoms with E-state index < -0.39 is 12.2 Å². The smallest absolute Gasteiger partial charge is 0.412 e. The third-order valence-corrected chi connectivity index (χ3v) is 4.14. The summed E-state index contributed by atoms with van der Waals surface area (Å²) >= 11 is 0. The van der Waals surface area contributed by atoms with Crippen LogP contribution in [0.3, 0.4) is 0 Å². The maximum Gasteiger partial charge on any atom is 0.412 e. The van der Waals surface area contributed by atoms with Crippen molar-refractivity contribution in [3.63, 3.8) is 0 Å². The first-order valence-corrected chi connectivity index (χ1v) is 9.61. The standard InChI is InChI=1S/C21H28N2O5/c1-4-6-12-22-20(24)27-17-14-18(26-3)19(16-11-9-8-10-15(16)17)28-21(25)23-13-7-5-2/h8-11,14H,4-7,12-13H2,1-3H3,(H,22,24)(H,23,25). The number of carbonyl (C=O) groups is 2. The number of benzene rings is 2. The predicted molar refractivity (Wildman–Crippen MR) is 108 cm³/mol. The van der Waals surface area contributed by atoms with E-state index in [4.69, 9.17) is 14.2 Å². The van der Waals surface area contributed by atoms with Gasteiger partial charge in [-0.2, -0.15) is 0 Å². The Morgan fingerprint density at radius 2 is 1.43 bits per heavy atom. The quantitative estimate of drug-likeness (QED) is 0.612. The van der Waals surface area contributed by atoms with Crippen LogP contribution in [0.1, 0.15) is 39.5 Å². The number of fused-ring (bicyclic) bond motifs is 1. The zero-order valence-electron chi connectivity index (χ0n) is 16.7. The van der Waals surface area contributed by atoms with Crippen molar-refractivity contribution < 1.29 is 23.8 Å². The van der Waals surface area contributed by atoms with Gasteiger partial charge in [0.05, 0.1) is 7.11 Å². The van der Waals surface area contributed by atoms with Gasteiger partial charge >= 0.3 is 12.2 Å². The zero-order chi connectivity index (χ0) is 20.4. The number of nitrogens with one attached hydrogen (secondary N) is 2. The molecule has 0 saturated heterocycles. The maximum atomic E-state index is 12.1. The molecule has 0 aromatic heterocycles. The van der Waals surface area contributed by atoms with E-state index in [0.717, 1.165) is 25.7 Å². The van der Waals surface area contributed by atoms with Crippen LogP contribution in [0.2, 0.25) is 0 Å². The third kappa shape index (κ3) is 5.77. The van der Waals surface area contributed by atoms with Gasteiger partial charge < -0.3 is 24.8 Å². The summed E-state index contributed by atoms with van der Waals surface area (Å²) < 4.78 is 16.4. The molecule has 2 aromatic carbocycles. The topological polar surface area (TPSA) is 85.9 Å². The zero-order valence-corrected chi connectivity index (χ0v) is 16.7. The minimum Gasteiger partial charge on any atom is -0.493 e. The highest BCUT2D eigenvalue weighted by molar-refractivity contribution is 5.98. The van der Waals surface area contributed by atoms with Crippen LogP contribution in [0.15, 0.2) is 30.3 Å². The summed E-state index contributed by atoms with van der Waals surface area (Å²) in [7, 11) is 1.47. The van der Waals surface area contributed by atoms with Gasteiger partial charge in [0.1, 0.15) is 5.75 Å². The maximum absolute atomic E-state index is 12.1. The molecule has 28 heavy (non-hydrogen) atoms. The van der Waals surface area contributed by atoms with Crippen LogP contribution >= 0.6 is 0 Å². The fraction of sp³-hybridized carbons (Fsp3) is 0.429. The van der Waals surface area contributed by atoms with Gasteiger partial charge in [0.25, 0.3) is 0 Å². The van der Waals surface area contributed by atoms with Crippen LogP contribution in [0.25, 0.3) is 10.8 Å². The number of amides is 2. The average Bonchev–Trinajstić information content (AvgIpc) is 2.70. The number of hydrogen-bond donors (Lipinski definition) is 2. The van der Waals surface area contributed by atoms with Gasteiger partial charge in [-0.15, -0.1) is 0 Å². The molecule has 0 aliphatic heterocycles. The van der Waals surface area contributed by atoms with Crippen molar-refractivity contribution in [2.24, 2.45) is 0 Å². The van der Waals surface area contributed by atoms with Crippen LogP contribution in [-0.4, -0.2) is 32.4 Å². The van der Waals surface area contributed by atoms with E-state index >= 15 is 0 Å². The SMILES string of the molecule is CCCCNC(=O)Oc1cc(OC)c(OC(=O)NCCCC)c2ccccc12. The Labute approximate surface area is 165 Å². The van der Waals surface area contributed by atoms with Gasteiger partial charge in [-0.05, 0) is 12.8 Å². The first-order valence-electron chi connectivity index (χ1n) is 9.61. The van der Waals surface area contributed by atoms with Gasteiger partial charge in [-0.1, -0.05) is 51.0 Å². The lowest BCUT2D eigenvalue weighted by molar-refractivity contribution is 0.197. The molecule has 0 atom stereocenters. The van der Waals surface area contributed by atoms with E-state index in [1.807, 2.05) is 26.0 Å². The molecule has 2 rings (SSSR count). The number of unbranched alkanes of at least 4 members (excludes halogenated alkanes) is 2. The van der Waals surface area contributed by atoms with Gasteiger partial charge in [-0.3, -0.25) is 0 Å². The molecule has 0 spiro atoms. The monoisotopic (exact) mass is 388 g/mol. The Bertz CT molecular complexity index is 807. The highest BCUT2D eigenvalue weighted by Crippen LogP contribution is 2.41. The van der Waals surface area contributed by atoms with Crippen LogP contribution in [0.5, 0.6) is 17.2 Å². The minimum atomic E-state index is -0.553. The summed E-state index contributed by atoms with van der Waals surface area (Å²) in [5.74, 6) is 0.923. The van der Waals surface area contributed by atoms with Crippen LogP contribution < -0.4 is 24.8 Å². The molecule has 0 heterocycles. The molecule has 0 radical (unpaired) electrons. The van der Waals surface area contributed by atoms with E-state index in [1.54, 1.807) is 18.2 Å². The summed E-state index contributed by atoms with van der Waals surface area (Å²) in [6.07, 6.45) is 2.60. The van der Waals surface area contributed by atoms with Crippen molar-refractivity contribution >= 4 is 23.0 Å². The Hall–Kier alpha value is -2.96. The van der Waals surface area contributed by atoms with Crippen molar-refractivity contribution in [1.82, 2.24) is 10.6 Å². The highest BCUT2D eigenvalue weighted by Gasteiger charge is 2.19. The van der Waals surface area contributed by atoms with Crippen molar-refractivity contribution in [2.45, 2.75) is 39.5 Å². The normalized spacial score (nSPS) is 10.4. The lowest BCUT2D eigenvalue weighted by Gasteiger charge is -2.16. The molecule has 0 aliphatic carbocycles. The Kier molecular flexibility index (Phi) is 8.39. The molecule has 0 unspecified atom stereocenters. The van der Waals surface area contributed by atoms with E-state index in [0.29, 0.717) is 35.4 Å². The Balaban J connectivity index is 2.29. The molecule has 0 fully saturated rings. The first-order chi connectivity index (χ1) is 13.6. The van der Waals surface area contributed by atoms with Crippen molar-refractivity contribution in [1.29, 1.82) is 0 Å². The van der Waals surface area contributed by atoms with E-state index in [-0.39, 0.29) is 5.75 Å². The van der Waals surface area contributed by atoms with Crippen molar-refractivity contribution in [3.05, 3.63) is 30.3 Å². The number of hydrogen-bond acceptors (Lipinski definition) is 5. The molecule has 7 nitrogen and oxygen atoms in total. The predicted octanol–water partition coefficient (Wildman–Crippen LogP) is 4.63. The summed E-state index contributed by atoms with van der Waals surface area (Å²) in [6.45, 7) is 5.17. The molecule has 2 aromatic rings. The van der Waals surface area contributed by atoms with Crippen LogP contribution in [0, 0.1) is 0 Å². The minimum absolute atomic E-state index is 0.283. The molecule has 7 heteroatoms. The molecule has 0 saturated carbocycles. The molecule has 2 N–H and O–H groups in total. The second kappa shape index (κ2) is 11.0. The third-order valence-electron chi connectivity index (χ3n) is 4.14. The molecule has 2 amide bonds. The number of ether oxygens (including phenoxy) is 3. The molecular formula is C21H28N2O5. The lowest BCUT2D eigenvalue weighted by atomic mass is 10.1. The summed E-state index contributed by atoms with van der Waals surface area (Å²) in [6, 6.07) is 8.77. The van der Waals surface area contributed by atoms with Crippen molar-refractivity contribution in [3.8, 4) is 17.2 Å². The lowest BCUT2D eigenvalue weighted by Crippen LogP contribution is -2.28. The summed E-state index contributed by atoms with van der Waals surface area (Å²) in [5.41, 5.74) is 0. The van der Waals surface area contributed by atoms with E-state index in [9.17, 15) is 9.59 Å². The Morgan fingerprint density at radius 3 is 2.00 bits per heavy atom. The fourth-order valence-electron chi connectivity index (χ4n) is 2.63. The molecule has 152 valence electrons. The first kappa shape index (κ1) is 21.3. The van der Waals surface area contributed by atoms with Crippen molar-refractivity contribution in [2.75, 3.05) is 20.2 Å². The second-order valence-electron chi connectivity index (χ2n) is 6.29. The van der Waals surface area contributed by atoms with Crippen LogP contribution in [-0.2, 0) is 0 Å². The van der Waals surface area contributed by atoms with Crippen LogP contribution in [0.4, 0.5) is 9.59 Å². The van der Waals surface area contributed by atoms with Gasteiger partial charge in [0, 0.05) is 29.9 Å².